The van der Waals surface area contributed by atoms with Gasteiger partial charge in [-0.25, -0.2) is 9.13 Å². The topological polar surface area (TPSA) is 237 Å². The monoisotopic (exact) mass is 1180 g/mol. The van der Waals surface area contributed by atoms with Gasteiger partial charge in [-0.2, -0.15) is 0 Å². The van der Waals surface area contributed by atoms with Crippen molar-refractivity contribution in [3.05, 3.63) is 0 Å². The lowest BCUT2D eigenvalue weighted by Gasteiger charge is -2.21. The van der Waals surface area contributed by atoms with Crippen molar-refractivity contribution in [3.8, 4) is 0 Å². The molecule has 474 valence electrons. The molecule has 0 bridgehead atoms. The van der Waals surface area contributed by atoms with Gasteiger partial charge in [0, 0.05) is 25.7 Å². The van der Waals surface area contributed by atoms with E-state index in [4.69, 9.17) is 37.0 Å². The summed E-state index contributed by atoms with van der Waals surface area (Å²) in [6.45, 7) is 13.8. The van der Waals surface area contributed by atoms with Gasteiger partial charge in [0.05, 0.1) is 26.4 Å². The van der Waals surface area contributed by atoms with Gasteiger partial charge in [-0.15, -0.1) is 0 Å². The zero-order chi connectivity index (χ0) is 59.7. The van der Waals surface area contributed by atoms with E-state index in [9.17, 15) is 43.2 Å². The second-order valence-electron chi connectivity index (χ2n) is 24.0. The molecule has 0 spiro atoms. The Labute approximate surface area is 486 Å². The van der Waals surface area contributed by atoms with E-state index in [0.29, 0.717) is 43.4 Å². The number of phosphoric ester groups is 2. The van der Waals surface area contributed by atoms with Crippen LogP contribution in [0.1, 0.15) is 287 Å². The van der Waals surface area contributed by atoms with E-state index in [1.807, 2.05) is 0 Å². The molecule has 0 aromatic rings. The van der Waals surface area contributed by atoms with Gasteiger partial charge in [-0.3, -0.25) is 37.3 Å². The van der Waals surface area contributed by atoms with Crippen LogP contribution in [0, 0.1) is 23.7 Å². The molecule has 0 heterocycles. The minimum Gasteiger partial charge on any atom is -0.462 e. The van der Waals surface area contributed by atoms with Crippen molar-refractivity contribution in [2.45, 2.75) is 305 Å². The van der Waals surface area contributed by atoms with E-state index >= 15 is 0 Å². The molecule has 0 saturated heterocycles. The maximum atomic E-state index is 12.9. The fraction of sp³-hybridized carbons (Fsp3) is 0.934. The Hall–Kier alpha value is -1.94. The number of carbonyl (C=O) groups is 4. The number of esters is 4. The fourth-order valence-electron chi connectivity index (χ4n) is 8.90. The molecule has 5 atom stereocenters. The lowest BCUT2D eigenvalue weighted by molar-refractivity contribution is -0.161. The quantitative estimate of drug-likeness (QED) is 0.0222. The fourth-order valence-corrected chi connectivity index (χ4v) is 10.5. The zero-order valence-corrected chi connectivity index (χ0v) is 53.5. The van der Waals surface area contributed by atoms with Crippen molar-refractivity contribution < 1.29 is 80.2 Å². The van der Waals surface area contributed by atoms with Gasteiger partial charge >= 0.3 is 39.5 Å². The molecule has 0 aliphatic rings. The number of aliphatic hydroxyl groups is 1. The highest BCUT2D eigenvalue weighted by Crippen LogP contribution is 2.45. The molecule has 3 unspecified atom stereocenters. The van der Waals surface area contributed by atoms with Crippen LogP contribution in [0.25, 0.3) is 0 Å². The van der Waals surface area contributed by atoms with Crippen molar-refractivity contribution in [1.82, 2.24) is 0 Å². The Bertz CT molecular complexity index is 1610. The first kappa shape index (κ1) is 78.1. The van der Waals surface area contributed by atoms with Crippen LogP contribution < -0.4 is 0 Å². The van der Waals surface area contributed by atoms with Gasteiger partial charge in [0.15, 0.2) is 12.2 Å². The lowest BCUT2D eigenvalue weighted by atomic mass is 10.0. The third-order valence-electron chi connectivity index (χ3n) is 13.8. The number of carbonyl (C=O) groups excluding carboxylic acids is 4. The van der Waals surface area contributed by atoms with Gasteiger partial charge in [-0.05, 0) is 49.4 Å². The van der Waals surface area contributed by atoms with Crippen molar-refractivity contribution in [2.75, 3.05) is 39.6 Å². The van der Waals surface area contributed by atoms with Gasteiger partial charge in [0.1, 0.15) is 19.3 Å². The second-order valence-corrected chi connectivity index (χ2v) is 26.9. The van der Waals surface area contributed by atoms with Crippen molar-refractivity contribution >= 4 is 39.5 Å². The molecule has 0 fully saturated rings. The zero-order valence-electron chi connectivity index (χ0n) is 51.7. The van der Waals surface area contributed by atoms with Gasteiger partial charge in [-0.1, -0.05) is 235 Å². The van der Waals surface area contributed by atoms with Gasteiger partial charge < -0.3 is 33.8 Å². The smallest absolute Gasteiger partial charge is 0.462 e. The predicted molar refractivity (Wildman–Crippen MR) is 317 cm³/mol. The molecule has 19 heteroatoms. The van der Waals surface area contributed by atoms with Crippen LogP contribution in [0.15, 0.2) is 0 Å². The summed E-state index contributed by atoms with van der Waals surface area (Å²) in [5.74, 6) is 0.649. The molecule has 0 radical (unpaired) electrons. The molecule has 0 aromatic heterocycles. The van der Waals surface area contributed by atoms with Crippen LogP contribution in [0.5, 0.6) is 0 Å². The number of unbranched alkanes of at least 4 members (excludes halogenated alkanes) is 24. The number of rotatable bonds is 58. The average Bonchev–Trinajstić information content (AvgIpc) is 3.39. The van der Waals surface area contributed by atoms with Crippen LogP contribution in [-0.2, 0) is 65.4 Å². The largest absolute Gasteiger partial charge is 0.472 e. The van der Waals surface area contributed by atoms with Crippen LogP contribution >= 0.6 is 15.6 Å². The van der Waals surface area contributed by atoms with Crippen LogP contribution in [0.4, 0.5) is 0 Å². The molecule has 0 amide bonds. The lowest BCUT2D eigenvalue weighted by Crippen LogP contribution is -2.30. The molecular formula is C61H118O17P2. The highest BCUT2D eigenvalue weighted by Gasteiger charge is 2.30. The summed E-state index contributed by atoms with van der Waals surface area (Å²) in [5.41, 5.74) is 0. The summed E-state index contributed by atoms with van der Waals surface area (Å²) in [6.07, 6.45) is 29.7. The third kappa shape index (κ3) is 55.3. The molecule has 3 N–H and O–H groups in total. The maximum absolute atomic E-state index is 12.9. The molecule has 80 heavy (non-hydrogen) atoms. The molecule has 17 nitrogen and oxygen atoms in total. The third-order valence-corrected chi connectivity index (χ3v) is 15.7. The molecule has 0 rings (SSSR count). The van der Waals surface area contributed by atoms with Gasteiger partial charge in [0.25, 0.3) is 0 Å². The van der Waals surface area contributed by atoms with Crippen molar-refractivity contribution in [3.63, 3.8) is 0 Å². The van der Waals surface area contributed by atoms with Gasteiger partial charge in [0.2, 0.25) is 0 Å². The van der Waals surface area contributed by atoms with E-state index in [2.05, 4.69) is 55.4 Å². The number of phosphoric acid groups is 2. The minimum atomic E-state index is -4.94. The second kappa shape index (κ2) is 51.5. The highest BCUT2D eigenvalue weighted by molar-refractivity contribution is 7.47. The first-order valence-corrected chi connectivity index (χ1v) is 34.7. The minimum absolute atomic E-state index is 0.101. The average molecular weight is 1190 g/mol. The van der Waals surface area contributed by atoms with Crippen molar-refractivity contribution in [2.24, 2.45) is 23.7 Å². The van der Waals surface area contributed by atoms with Crippen molar-refractivity contribution in [1.29, 1.82) is 0 Å². The highest BCUT2D eigenvalue weighted by atomic mass is 31.2. The predicted octanol–water partition coefficient (Wildman–Crippen LogP) is 16.2. The molecule has 0 aromatic carbocycles. The summed E-state index contributed by atoms with van der Waals surface area (Å²) >= 11 is 0. The summed E-state index contributed by atoms with van der Waals surface area (Å²) in [7, 11) is -9.88. The Morgan fingerprint density at radius 1 is 0.312 bits per heavy atom. The Kier molecular flexibility index (Phi) is 50.2. The molecule has 0 aliphatic carbocycles. The Morgan fingerprint density at radius 3 is 0.775 bits per heavy atom. The first-order valence-electron chi connectivity index (χ1n) is 31.7. The number of hydrogen-bond donors (Lipinski definition) is 3. The van der Waals surface area contributed by atoms with E-state index in [0.717, 1.165) is 102 Å². The maximum Gasteiger partial charge on any atom is 0.472 e. The standard InChI is InChI=1S/C61H118O17P2/c1-51(2)37-29-21-13-9-10-16-25-33-41-58(63)71-47-56(77-60(65)43-35-27-17-11-14-22-30-38-52(3)4)49-75-79(67,68)73-45-55(62)46-74-80(69,70)76-50-57(48-72-59(64)42-34-26-20-19-24-32-40-54(7)8)78-61(66)44-36-28-18-12-15-23-31-39-53(5)6/h51-57,62H,9-50H2,1-8H3,(H,67,68)(H,69,70)/t55?,56-,57-/m1/s1. The number of ether oxygens (including phenoxy) is 4. The van der Waals surface area contributed by atoms with Crippen LogP contribution in [-0.4, -0.2) is 96.7 Å². The van der Waals surface area contributed by atoms with E-state index in [1.165, 1.54) is 83.5 Å². The van der Waals surface area contributed by atoms with E-state index in [1.54, 1.807) is 0 Å². The summed E-state index contributed by atoms with van der Waals surface area (Å²) in [5, 5.41) is 10.5. The Balaban J connectivity index is 5.25. The SMILES string of the molecule is CC(C)CCCCCCCCCCC(=O)OC[C@H](COP(=O)(O)OCC(O)COP(=O)(O)OC[C@@H](COC(=O)CCCCCCCCC(C)C)OC(=O)CCCCCCCCCC(C)C)OC(=O)CCCCCCCCCC(C)C. The number of aliphatic hydroxyl groups excluding tert-OH is 1. The van der Waals surface area contributed by atoms with Crippen LogP contribution in [0.3, 0.4) is 0 Å². The first-order chi connectivity index (χ1) is 38.1. The normalized spacial score (nSPS) is 14.5. The summed E-state index contributed by atoms with van der Waals surface area (Å²) in [6, 6.07) is 0. The van der Waals surface area contributed by atoms with E-state index in [-0.39, 0.29) is 25.7 Å². The number of hydrogen-bond acceptors (Lipinski definition) is 15. The molecule has 0 saturated carbocycles. The van der Waals surface area contributed by atoms with Crippen LogP contribution in [0.2, 0.25) is 0 Å². The Morgan fingerprint density at radius 2 is 0.525 bits per heavy atom. The van der Waals surface area contributed by atoms with E-state index < -0.39 is 97.5 Å². The molecule has 0 aliphatic heterocycles. The summed E-state index contributed by atoms with van der Waals surface area (Å²) in [4.78, 5) is 72.0. The summed E-state index contributed by atoms with van der Waals surface area (Å²) < 4.78 is 67.8. The molecular weight excluding hydrogens is 1070 g/mol.